The molecular weight excluding hydrogens is 376 g/mol. The van der Waals surface area contributed by atoms with Crippen LogP contribution in [0.25, 0.3) is 22.6 Å². The largest absolute Gasteiger partial charge is 0.369 e. The molecule has 0 atom stereocenters. The number of rotatable bonds is 5. The number of likely N-dealkylation sites (N-methyl/N-ethyl adjacent to an activating group) is 1. The van der Waals surface area contributed by atoms with E-state index in [1.807, 2.05) is 38.1 Å². The van der Waals surface area contributed by atoms with Crippen LogP contribution in [0.4, 0.5) is 5.69 Å². The van der Waals surface area contributed by atoms with Crippen molar-refractivity contribution in [3.63, 3.8) is 0 Å². The van der Waals surface area contributed by atoms with E-state index >= 15 is 0 Å². The van der Waals surface area contributed by atoms with Crippen LogP contribution in [0.1, 0.15) is 24.2 Å². The number of nitrogens with one attached hydrogen (secondary N) is 1. The standard InChI is InChI=1S/C24H28N4O2/c1-17(2)25-24(29)20-6-4-5-19(15-20)23-16-22(26-30-23)18-7-9-21(10-8-18)28-13-11-27(3)12-14-28/h4-10,15-17H,11-14H2,1-3H3,(H,25,29). The maximum atomic E-state index is 12.3. The predicted molar refractivity (Wildman–Crippen MR) is 120 cm³/mol. The van der Waals surface area contributed by atoms with Gasteiger partial charge in [-0.3, -0.25) is 4.79 Å². The fourth-order valence-corrected chi connectivity index (χ4v) is 3.61. The Morgan fingerprint density at radius 1 is 1.00 bits per heavy atom. The van der Waals surface area contributed by atoms with Gasteiger partial charge in [0.05, 0.1) is 0 Å². The molecule has 4 rings (SSSR count). The molecule has 1 aromatic heterocycles. The maximum Gasteiger partial charge on any atom is 0.251 e. The van der Waals surface area contributed by atoms with Crippen LogP contribution in [0, 0.1) is 0 Å². The van der Waals surface area contributed by atoms with Crippen molar-refractivity contribution in [3.05, 3.63) is 60.2 Å². The fraction of sp³-hybridized carbons (Fsp3) is 0.333. The van der Waals surface area contributed by atoms with Crippen molar-refractivity contribution < 1.29 is 9.32 Å². The lowest BCUT2D eigenvalue weighted by molar-refractivity contribution is 0.0943. The number of amides is 1. The molecule has 0 spiro atoms. The summed E-state index contributed by atoms with van der Waals surface area (Å²) in [5, 5.41) is 7.15. The quantitative estimate of drug-likeness (QED) is 0.699. The first-order valence-electron chi connectivity index (χ1n) is 10.4. The molecule has 6 nitrogen and oxygen atoms in total. The van der Waals surface area contributed by atoms with Crippen LogP contribution in [0.15, 0.2) is 59.1 Å². The van der Waals surface area contributed by atoms with Crippen molar-refractivity contribution in [3.8, 4) is 22.6 Å². The van der Waals surface area contributed by atoms with Crippen molar-refractivity contribution >= 4 is 11.6 Å². The van der Waals surface area contributed by atoms with E-state index in [-0.39, 0.29) is 11.9 Å². The Labute approximate surface area is 177 Å². The molecule has 1 aliphatic rings. The van der Waals surface area contributed by atoms with Crippen molar-refractivity contribution in [1.82, 2.24) is 15.4 Å². The van der Waals surface area contributed by atoms with Crippen molar-refractivity contribution in [1.29, 1.82) is 0 Å². The van der Waals surface area contributed by atoms with E-state index in [0.717, 1.165) is 43.0 Å². The molecule has 156 valence electrons. The molecule has 1 saturated heterocycles. The zero-order chi connectivity index (χ0) is 21.1. The molecule has 0 aliphatic carbocycles. The summed E-state index contributed by atoms with van der Waals surface area (Å²) in [6.45, 7) is 8.15. The Bertz CT molecular complexity index is 1000. The zero-order valence-corrected chi connectivity index (χ0v) is 17.8. The summed E-state index contributed by atoms with van der Waals surface area (Å²) >= 11 is 0. The second-order valence-corrected chi connectivity index (χ2v) is 8.12. The highest BCUT2D eigenvalue weighted by Gasteiger charge is 2.15. The number of carbonyl (C=O) groups is 1. The van der Waals surface area contributed by atoms with Crippen molar-refractivity contribution in [2.75, 3.05) is 38.1 Å². The van der Waals surface area contributed by atoms with E-state index in [1.165, 1.54) is 5.69 Å². The van der Waals surface area contributed by atoms with Crippen LogP contribution >= 0.6 is 0 Å². The second-order valence-electron chi connectivity index (χ2n) is 8.12. The van der Waals surface area contributed by atoms with Gasteiger partial charge in [-0.15, -0.1) is 0 Å². The van der Waals surface area contributed by atoms with Crippen molar-refractivity contribution in [2.45, 2.75) is 19.9 Å². The summed E-state index contributed by atoms with van der Waals surface area (Å²) in [6, 6.07) is 17.9. The summed E-state index contributed by atoms with van der Waals surface area (Å²) < 4.78 is 5.58. The first-order chi connectivity index (χ1) is 14.5. The minimum absolute atomic E-state index is 0.0897. The molecule has 30 heavy (non-hydrogen) atoms. The van der Waals surface area contributed by atoms with Gasteiger partial charge in [-0.25, -0.2) is 0 Å². The Morgan fingerprint density at radius 3 is 2.43 bits per heavy atom. The monoisotopic (exact) mass is 404 g/mol. The highest BCUT2D eigenvalue weighted by Crippen LogP contribution is 2.28. The van der Waals surface area contributed by atoms with E-state index in [4.69, 9.17) is 4.52 Å². The van der Waals surface area contributed by atoms with Gasteiger partial charge in [0.2, 0.25) is 0 Å². The average molecular weight is 405 g/mol. The van der Waals surface area contributed by atoms with Gasteiger partial charge in [-0.2, -0.15) is 0 Å². The topological polar surface area (TPSA) is 61.6 Å². The zero-order valence-electron chi connectivity index (χ0n) is 17.8. The molecule has 2 aromatic carbocycles. The van der Waals surface area contributed by atoms with Gasteiger partial charge in [0.15, 0.2) is 5.76 Å². The Morgan fingerprint density at radius 2 is 1.73 bits per heavy atom. The third-order valence-electron chi connectivity index (χ3n) is 5.37. The van der Waals surface area contributed by atoms with Gasteiger partial charge in [0, 0.05) is 60.7 Å². The summed E-state index contributed by atoms with van der Waals surface area (Å²) in [5.41, 5.74) is 4.47. The third-order valence-corrected chi connectivity index (χ3v) is 5.37. The van der Waals surface area contributed by atoms with E-state index in [9.17, 15) is 4.79 Å². The number of hydrogen-bond donors (Lipinski definition) is 1. The lowest BCUT2D eigenvalue weighted by atomic mass is 10.1. The molecule has 0 bridgehead atoms. The van der Waals surface area contributed by atoms with E-state index in [0.29, 0.717) is 11.3 Å². The van der Waals surface area contributed by atoms with E-state index in [1.54, 1.807) is 6.07 Å². The average Bonchev–Trinajstić information content (AvgIpc) is 3.24. The van der Waals surface area contributed by atoms with Crippen LogP contribution in [0.3, 0.4) is 0 Å². The molecule has 1 N–H and O–H groups in total. The highest BCUT2D eigenvalue weighted by atomic mass is 16.5. The SMILES string of the molecule is CC(C)NC(=O)c1cccc(-c2cc(-c3ccc(N4CCN(C)CC4)cc3)no2)c1. The van der Waals surface area contributed by atoms with Gasteiger partial charge >= 0.3 is 0 Å². The molecule has 0 unspecified atom stereocenters. The number of aromatic nitrogens is 1. The minimum Gasteiger partial charge on any atom is -0.369 e. The van der Waals surface area contributed by atoms with Crippen LogP contribution in [0.2, 0.25) is 0 Å². The molecule has 1 amide bonds. The smallest absolute Gasteiger partial charge is 0.251 e. The Kier molecular flexibility index (Phi) is 5.86. The highest BCUT2D eigenvalue weighted by molar-refractivity contribution is 5.95. The minimum atomic E-state index is -0.0916. The van der Waals surface area contributed by atoms with Gasteiger partial charge in [0.1, 0.15) is 5.69 Å². The van der Waals surface area contributed by atoms with Crippen LogP contribution in [-0.4, -0.2) is 55.2 Å². The number of carbonyl (C=O) groups excluding carboxylic acids is 1. The van der Waals surface area contributed by atoms with E-state index in [2.05, 4.69) is 51.6 Å². The number of hydrogen-bond acceptors (Lipinski definition) is 5. The molecule has 1 aliphatic heterocycles. The second kappa shape index (κ2) is 8.71. The number of benzene rings is 2. The van der Waals surface area contributed by atoms with Gasteiger partial charge in [-0.1, -0.05) is 29.4 Å². The van der Waals surface area contributed by atoms with Gasteiger partial charge < -0.3 is 19.6 Å². The Balaban J connectivity index is 1.50. The molecule has 0 saturated carbocycles. The summed E-state index contributed by atoms with van der Waals surface area (Å²) in [5.74, 6) is 0.554. The summed E-state index contributed by atoms with van der Waals surface area (Å²) in [6.07, 6.45) is 0. The first kappa shape index (κ1) is 20.2. The molecule has 0 radical (unpaired) electrons. The maximum absolute atomic E-state index is 12.3. The summed E-state index contributed by atoms with van der Waals surface area (Å²) in [4.78, 5) is 17.0. The predicted octanol–water partition coefficient (Wildman–Crippen LogP) is 3.90. The molecular formula is C24H28N4O2. The molecule has 1 fully saturated rings. The van der Waals surface area contributed by atoms with Crippen molar-refractivity contribution in [2.24, 2.45) is 0 Å². The van der Waals surface area contributed by atoms with E-state index < -0.39 is 0 Å². The summed E-state index contributed by atoms with van der Waals surface area (Å²) in [7, 11) is 2.16. The number of anilines is 1. The van der Waals surface area contributed by atoms with Gasteiger partial charge in [-0.05, 0) is 45.2 Å². The number of nitrogens with zero attached hydrogens (tertiary/aromatic N) is 3. The van der Waals surface area contributed by atoms with Crippen LogP contribution in [-0.2, 0) is 0 Å². The number of piperazine rings is 1. The normalized spacial score (nSPS) is 14.9. The third kappa shape index (κ3) is 4.54. The Hall–Kier alpha value is -3.12. The fourth-order valence-electron chi connectivity index (χ4n) is 3.61. The first-order valence-corrected chi connectivity index (χ1v) is 10.4. The lowest BCUT2D eigenvalue weighted by Crippen LogP contribution is -2.44. The molecule has 3 aromatic rings. The van der Waals surface area contributed by atoms with Crippen LogP contribution < -0.4 is 10.2 Å². The van der Waals surface area contributed by atoms with Crippen LogP contribution in [0.5, 0.6) is 0 Å². The lowest BCUT2D eigenvalue weighted by Gasteiger charge is -2.34. The molecule has 6 heteroatoms. The molecule has 2 heterocycles. The van der Waals surface area contributed by atoms with Gasteiger partial charge in [0.25, 0.3) is 5.91 Å².